The number of hydrogen-bond donors (Lipinski definition) is 1. The van der Waals surface area contributed by atoms with Crippen LogP contribution in [0.2, 0.25) is 0 Å². The van der Waals surface area contributed by atoms with Gasteiger partial charge in [0.25, 0.3) is 0 Å². The molecule has 1 aliphatic rings. The summed E-state index contributed by atoms with van der Waals surface area (Å²) in [7, 11) is 0. The standard InChI is InChI=1S/C13H17NO3/c1-3-11(9-4-5-9)17-12-7-14-10(13(15)16)6-8(12)2/h6-7,9,11H,3-5H2,1-2H3,(H,15,16). The van der Waals surface area contributed by atoms with Gasteiger partial charge in [-0.1, -0.05) is 6.92 Å². The van der Waals surface area contributed by atoms with E-state index in [1.54, 1.807) is 6.07 Å². The van der Waals surface area contributed by atoms with Crippen LogP contribution in [0.4, 0.5) is 0 Å². The third-order valence-electron chi connectivity index (χ3n) is 3.11. The summed E-state index contributed by atoms with van der Waals surface area (Å²) >= 11 is 0. The van der Waals surface area contributed by atoms with Gasteiger partial charge in [0.2, 0.25) is 0 Å². The summed E-state index contributed by atoms with van der Waals surface area (Å²) in [6.45, 7) is 3.96. The van der Waals surface area contributed by atoms with Crippen LogP contribution in [0, 0.1) is 12.8 Å². The first-order valence-corrected chi connectivity index (χ1v) is 5.98. The van der Waals surface area contributed by atoms with Gasteiger partial charge in [0.05, 0.1) is 6.20 Å². The fourth-order valence-electron chi connectivity index (χ4n) is 1.93. The van der Waals surface area contributed by atoms with Crippen molar-refractivity contribution in [1.82, 2.24) is 4.98 Å². The third-order valence-corrected chi connectivity index (χ3v) is 3.11. The van der Waals surface area contributed by atoms with Gasteiger partial charge in [-0.2, -0.15) is 0 Å². The zero-order valence-electron chi connectivity index (χ0n) is 10.1. The maximum Gasteiger partial charge on any atom is 0.354 e. The third kappa shape index (κ3) is 2.75. The number of carboxylic acid groups (broad SMARTS) is 1. The minimum absolute atomic E-state index is 0.0642. The van der Waals surface area contributed by atoms with Crippen molar-refractivity contribution < 1.29 is 14.6 Å². The number of aromatic carboxylic acids is 1. The lowest BCUT2D eigenvalue weighted by molar-refractivity contribution is 0.0690. The van der Waals surface area contributed by atoms with Gasteiger partial charge >= 0.3 is 5.97 Å². The summed E-state index contributed by atoms with van der Waals surface area (Å²) in [6.07, 6.45) is 5.21. The molecule has 1 N–H and O–H groups in total. The molecule has 1 atom stereocenters. The number of carbonyl (C=O) groups is 1. The van der Waals surface area contributed by atoms with E-state index in [4.69, 9.17) is 9.84 Å². The molecule has 1 fully saturated rings. The molecule has 0 bridgehead atoms. The van der Waals surface area contributed by atoms with E-state index in [1.165, 1.54) is 19.0 Å². The van der Waals surface area contributed by atoms with Crippen LogP contribution in [-0.2, 0) is 0 Å². The lowest BCUT2D eigenvalue weighted by Gasteiger charge is -2.18. The highest BCUT2D eigenvalue weighted by atomic mass is 16.5. The van der Waals surface area contributed by atoms with Crippen LogP contribution in [-0.4, -0.2) is 22.2 Å². The van der Waals surface area contributed by atoms with Crippen molar-refractivity contribution in [3.05, 3.63) is 23.5 Å². The molecule has 92 valence electrons. The van der Waals surface area contributed by atoms with Crippen molar-refractivity contribution in [2.45, 2.75) is 39.2 Å². The van der Waals surface area contributed by atoms with Crippen molar-refractivity contribution in [2.24, 2.45) is 5.92 Å². The van der Waals surface area contributed by atoms with Gasteiger partial charge in [0, 0.05) is 0 Å². The Morgan fingerprint density at radius 3 is 2.82 bits per heavy atom. The van der Waals surface area contributed by atoms with Gasteiger partial charge in [-0.25, -0.2) is 9.78 Å². The maximum absolute atomic E-state index is 10.8. The van der Waals surface area contributed by atoms with Crippen molar-refractivity contribution >= 4 is 5.97 Å². The number of ether oxygens (including phenoxy) is 1. The van der Waals surface area contributed by atoms with Gasteiger partial charge < -0.3 is 9.84 Å². The molecular weight excluding hydrogens is 218 g/mol. The number of pyridine rings is 1. The molecule has 0 aromatic carbocycles. The predicted octanol–water partition coefficient (Wildman–Crippen LogP) is 2.66. The summed E-state index contributed by atoms with van der Waals surface area (Å²) in [5.74, 6) is 0.362. The Balaban J connectivity index is 2.12. The molecule has 0 spiro atoms. The Morgan fingerprint density at radius 1 is 1.65 bits per heavy atom. The lowest BCUT2D eigenvalue weighted by atomic mass is 10.1. The Kier molecular flexibility index (Phi) is 3.31. The zero-order valence-corrected chi connectivity index (χ0v) is 10.1. The largest absolute Gasteiger partial charge is 0.488 e. The Hall–Kier alpha value is -1.58. The van der Waals surface area contributed by atoms with Crippen LogP contribution < -0.4 is 4.74 Å². The Morgan fingerprint density at radius 2 is 2.35 bits per heavy atom. The highest BCUT2D eigenvalue weighted by molar-refractivity contribution is 5.85. The van der Waals surface area contributed by atoms with Gasteiger partial charge in [0.15, 0.2) is 0 Å². The number of aromatic nitrogens is 1. The topological polar surface area (TPSA) is 59.4 Å². The van der Waals surface area contributed by atoms with Crippen molar-refractivity contribution in [3.63, 3.8) is 0 Å². The molecule has 1 aromatic heterocycles. The van der Waals surface area contributed by atoms with E-state index in [-0.39, 0.29) is 11.8 Å². The second kappa shape index (κ2) is 4.73. The second-order valence-corrected chi connectivity index (χ2v) is 4.54. The highest BCUT2D eigenvalue weighted by Gasteiger charge is 2.31. The zero-order chi connectivity index (χ0) is 12.4. The molecule has 4 nitrogen and oxygen atoms in total. The van der Waals surface area contributed by atoms with E-state index in [2.05, 4.69) is 11.9 Å². The summed E-state index contributed by atoms with van der Waals surface area (Å²) in [6, 6.07) is 1.55. The number of hydrogen-bond acceptors (Lipinski definition) is 3. The predicted molar refractivity (Wildman–Crippen MR) is 63.4 cm³/mol. The fraction of sp³-hybridized carbons (Fsp3) is 0.538. The van der Waals surface area contributed by atoms with E-state index in [9.17, 15) is 4.79 Å². The lowest BCUT2D eigenvalue weighted by Crippen LogP contribution is -2.18. The van der Waals surface area contributed by atoms with Gasteiger partial charge in [-0.3, -0.25) is 0 Å². The minimum Gasteiger partial charge on any atom is -0.488 e. The quantitative estimate of drug-likeness (QED) is 0.852. The molecule has 1 unspecified atom stereocenters. The first-order chi connectivity index (χ1) is 8.11. The number of carboxylic acids is 1. The molecule has 1 aromatic rings. The molecule has 1 heterocycles. The van der Waals surface area contributed by atoms with Crippen molar-refractivity contribution in [3.8, 4) is 5.75 Å². The molecule has 4 heteroatoms. The van der Waals surface area contributed by atoms with Crippen LogP contribution in [0.25, 0.3) is 0 Å². The van der Waals surface area contributed by atoms with Crippen LogP contribution >= 0.6 is 0 Å². The van der Waals surface area contributed by atoms with Gasteiger partial charge in [-0.15, -0.1) is 0 Å². The van der Waals surface area contributed by atoms with E-state index >= 15 is 0 Å². The Labute approximate surface area is 101 Å². The van der Waals surface area contributed by atoms with Crippen LogP contribution in [0.1, 0.15) is 42.2 Å². The van der Waals surface area contributed by atoms with Gasteiger partial charge in [-0.05, 0) is 43.7 Å². The minimum atomic E-state index is -1.01. The summed E-state index contributed by atoms with van der Waals surface area (Å²) < 4.78 is 5.90. The smallest absolute Gasteiger partial charge is 0.354 e. The SMILES string of the molecule is CCC(Oc1cnc(C(=O)O)cc1C)C1CC1. The number of rotatable bonds is 5. The molecule has 0 amide bonds. The Bertz CT molecular complexity index is 427. The molecule has 1 saturated carbocycles. The number of nitrogens with zero attached hydrogens (tertiary/aromatic N) is 1. The summed E-state index contributed by atoms with van der Waals surface area (Å²) in [5.41, 5.74) is 0.894. The average Bonchev–Trinajstić information content (AvgIpc) is 3.11. The summed E-state index contributed by atoms with van der Waals surface area (Å²) in [4.78, 5) is 14.6. The molecule has 0 saturated heterocycles. The van der Waals surface area contributed by atoms with E-state index in [0.29, 0.717) is 11.7 Å². The van der Waals surface area contributed by atoms with E-state index in [0.717, 1.165) is 12.0 Å². The molecule has 2 rings (SSSR count). The van der Waals surface area contributed by atoms with E-state index in [1.807, 2.05) is 6.92 Å². The normalized spacial score (nSPS) is 16.6. The van der Waals surface area contributed by atoms with Crippen LogP contribution in [0.5, 0.6) is 5.75 Å². The number of aryl methyl sites for hydroxylation is 1. The molecule has 0 aliphatic heterocycles. The fourth-order valence-corrected chi connectivity index (χ4v) is 1.93. The van der Waals surface area contributed by atoms with Gasteiger partial charge in [0.1, 0.15) is 17.5 Å². The first-order valence-electron chi connectivity index (χ1n) is 5.98. The molecular formula is C13H17NO3. The first kappa shape index (κ1) is 11.9. The van der Waals surface area contributed by atoms with Crippen LogP contribution in [0.15, 0.2) is 12.3 Å². The average molecular weight is 235 g/mol. The maximum atomic E-state index is 10.8. The highest BCUT2D eigenvalue weighted by Crippen LogP contribution is 2.36. The van der Waals surface area contributed by atoms with Crippen molar-refractivity contribution in [2.75, 3.05) is 0 Å². The monoisotopic (exact) mass is 235 g/mol. The molecule has 0 radical (unpaired) electrons. The molecule has 1 aliphatic carbocycles. The summed E-state index contributed by atoms with van der Waals surface area (Å²) in [5, 5.41) is 8.82. The van der Waals surface area contributed by atoms with E-state index < -0.39 is 5.97 Å². The van der Waals surface area contributed by atoms with Crippen LogP contribution in [0.3, 0.4) is 0 Å². The molecule has 17 heavy (non-hydrogen) atoms. The second-order valence-electron chi connectivity index (χ2n) is 4.54. The van der Waals surface area contributed by atoms with Crippen molar-refractivity contribution in [1.29, 1.82) is 0 Å².